The van der Waals surface area contributed by atoms with Gasteiger partial charge in [0, 0.05) is 6.54 Å². The Morgan fingerprint density at radius 1 is 1.08 bits per heavy atom. The van der Waals surface area contributed by atoms with Crippen molar-refractivity contribution < 1.29 is 24.2 Å². The Morgan fingerprint density at radius 2 is 1.69 bits per heavy atom. The molecule has 0 aromatic heterocycles. The average molecular weight is 361 g/mol. The minimum atomic E-state index is -0.906. The highest BCUT2D eigenvalue weighted by Gasteiger charge is 2.37. The van der Waals surface area contributed by atoms with Gasteiger partial charge in [-0.05, 0) is 50.8 Å². The number of aliphatic carboxylic acids is 1. The molecule has 1 aromatic carbocycles. The Morgan fingerprint density at radius 3 is 2.27 bits per heavy atom. The second kappa shape index (κ2) is 8.74. The van der Waals surface area contributed by atoms with Crippen molar-refractivity contribution in [2.45, 2.75) is 33.1 Å². The third kappa shape index (κ3) is 4.56. The lowest BCUT2D eigenvalue weighted by Gasteiger charge is -2.29. The van der Waals surface area contributed by atoms with Gasteiger partial charge in [0.15, 0.2) is 11.5 Å². The molecular formula is C20H27NO5. The number of carboxylic acids is 1. The number of carbonyl (C=O) groups excluding carboxylic acids is 1. The molecule has 0 aliphatic heterocycles. The number of hydrogen-bond donors (Lipinski definition) is 2. The van der Waals surface area contributed by atoms with Crippen LogP contribution in [0.5, 0.6) is 11.5 Å². The summed E-state index contributed by atoms with van der Waals surface area (Å²) in [6.45, 7) is 4.35. The highest BCUT2D eigenvalue weighted by Crippen LogP contribution is 2.34. The number of hydrogen-bond acceptors (Lipinski definition) is 4. The van der Waals surface area contributed by atoms with E-state index in [1.807, 2.05) is 32.0 Å². The van der Waals surface area contributed by atoms with Crippen LogP contribution in [0.15, 0.2) is 29.3 Å². The molecule has 0 saturated heterocycles. The molecule has 0 fully saturated rings. The van der Waals surface area contributed by atoms with Gasteiger partial charge in [0.1, 0.15) is 0 Å². The van der Waals surface area contributed by atoms with Crippen molar-refractivity contribution in [2.75, 3.05) is 20.8 Å². The molecular weight excluding hydrogens is 334 g/mol. The number of nitrogens with one attached hydrogen (secondary N) is 1. The second-order valence-electron chi connectivity index (χ2n) is 6.75. The molecule has 6 nitrogen and oxygen atoms in total. The minimum Gasteiger partial charge on any atom is -0.493 e. The van der Waals surface area contributed by atoms with Gasteiger partial charge in [0.2, 0.25) is 5.91 Å². The predicted molar refractivity (Wildman–Crippen MR) is 98.5 cm³/mol. The van der Waals surface area contributed by atoms with E-state index in [4.69, 9.17) is 9.47 Å². The first-order chi connectivity index (χ1) is 12.4. The molecule has 2 atom stereocenters. The molecule has 0 unspecified atom stereocenters. The molecule has 0 bridgehead atoms. The number of allylic oxidation sites excluding steroid dienone is 2. The van der Waals surface area contributed by atoms with Crippen LogP contribution in [-0.2, 0) is 16.0 Å². The highest BCUT2D eigenvalue weighted by atomic mass is 16.5. The maximum absolute atomic E-state index is 12.5. The summed E-state index contributed by atoms with van der Waals surface area (Å²) in [5.74, 6) is -0.960. The van der Waals surface area contributed by atoms with E-state index in [-0.39, 0.29) is 5.91 Å². The lowest BCUT2D eigenvalue weighted by atomic mass is 9.76. The van der Waals surface area contributed by atoms with Gasteiger partial charge in [-0.2, -0.15) is 0 Å². The number of carbonyl (C=O) groups is 2. The summed E-state index contributed by atoms with van der Waals surface area (Å²) < 4.78 is 10.5. The summed E-state index contributed by atoms with van der Waals surface area (Å²) in [7, 11) is 3.16. The first kappa shape index (κ1) is 19.8. The molecule has 142 valence electrons. The maximum Gasteiger partial charge on any atom is 0.307 e. The van der Waals surface area contributed by atoms with Crippen molar-refractivity contribution in [1.82, 2.24) is 5.32 Å². The molecule has 0 saturated carbocycles. The molecule has 6 heteroatoms. The Balaban J connectivity index is 1.97. The third-order valence-corrected chi connectivity index (χ3v) is 5.08. The molecule has 1 aromatic rings. The van der Waals surface area contributed by atoms with Gasteiger partial charge in [0.25, 0.3) is 0 Å². The molecule has 2 rings (SSSR count). The largest absolute Gasteiger partial charge is 0.493 e. The van der Waals surface area contributed by atoms with Crippen molar-refractivity contribution in [1.29, 1.82) is 0 Å². The topological polar surface area (TPSA) is 84.9 Å². The van der Waals surface area contributed by atoms with Crippen LogP contribution in [0.4, 0.5) is 0 Å². The smallest absolute Gasteiger partial charge is 0.307 e. The van der Waals surface area contributed by atoms with Gasteiger partial charge in [-0.3, -0.25) is 9.59 Å². The van der Waals surface area contributed by atoms with Crippen LogP contribution in [0.1, 0.15) is 32.3 Å². The summed E-state index contributed by atoms with van der Waals surface area (Å²) >= 11 is 0. The van der Waals surface area contributed by atoms with Crippen molar-refractivity contribution in [3.63, 3.8) is 0 Å². The fraction of sp³-hybridized carbons (Fsp3) is 0.500. The second-order valence-corrected chi connectivity index (χ2v) is 6.75. The Labute approximate surface area is 154 Å². The SMILES string of the molecule is COc1ccc(CCNC(=O)[C@@H]2CC(C)=C(C)C[C@@H]2C(=O)O)cc1OC. The van der Waals surface area contributed by atoms with Gasteiger partial charge in [0.05, 0.1) is 26.1 Å². The first-order valence-corrected chi connectivity index (χ1v) is 8.74. The van der Waals surface area contributed by atoms with Crippen molar-refractivity contribution in [2.24, 2.45) is 11.8 Å². The molecule has 26 heavy (non-hydrogen) atoms. The zero-order valence-corrected chi connectivity index (χ0v) is 15.8. The van der Waals surface area contributed by atoms with Gasteiger partial charge < -0.3 is 19.9 Å². The Kier molecular flexibility index (Phi) is 6.66. The van der Waals surface area contributed by atoms with Crippen molar-refractivity contribution in [3.05, 3.63) is 34.9 Å². The fourth-order valence-corrected chi connectivity index (χ4v) is 3.32. The van der Waals surface area contributed by atoms with E-state index in [1.54, 1.807) is 14.2 Å². The van der Waals surface area contributed by atoms with Crippen molar-refractivity contribution in [3.8, 4) is 11.5 Å². The summed E-state index contributed by atoms with van der Waals surface area (Å²) in [6, 6.07) is 5.63. The standard InChI is InChI=1S/C20H27NO5/c1-12-9-15(16(20(23)24)10-13(12)2)19(22)21-8-7-14-5-6-17(25-3)18(11-14)26-4/h5-6,11,15-16H,7-10H2,1-4H3,(H,21,22)(H,23,24)/t15-,16+/m1/s1. The molecule has 2 N–H and O–H groups in total. The van der Waals surface area contributed by atoms with Crippen LogP contribution >= 0.6 is 0 Å². The van der Waals surface area contributed by atoms with Crippen LogP contribution in [0.25, 0.3) is 0 Å². The number of carboxylic acid groups (broad SMARTS) is 1. The lowest BCUT2D eigenvalue weighted by Crippen LogP contribution is -2.40. The van der Waals surface area contributed by atoms with Gasteiger partial charge in [-0.15, -0.1) is 0 Å². The molecule has 1 aliphatic rings. The molecule has 0 spiro atoms. The molecule has 0 heterocycles. The Hall–Kier alpha value is -2.50. The molecule has 1 aliphatic carbocycles. The zero-order chi connectivity index (χ0) is 19.3. The minimum absolute atomic E-state index is 0.190. The average Bonchev–Trinajstić information content (AvgIpc) is 2.63. The van der Waals surface area contributed by atoms with Crippen LogP contribution < -0.4 is 14.8 Å². The van der Waals surface area contributed by atoms with Crippen LogP contribution in [0, 0.1) is 11.8 Å². The Bertz CT molecular complexity index is 710. The number of methoxy groups -OCH3 is 2. The van der Waals surface area contributed by atoms with Crippen LogP contribution in [0.3, 0.4) is 0 Å². The lowest BCUT2D eigenvalue weighted by molar-refractivity contribution is -0.147. The number of amides is 1. The summed E-state index contributed by atoms with van der Waals surface area (Å²) in [4.78, 5) is 24.1. The van der Waals surface area contributed by atoms with Gasteiger partial charge in [-0.25, -0.2) is 0 Å². The number of benzene rings is 1. The van der Waals surface area contributed by atoms with E-state index < -0.39 is 17.8 Å². The van der Waals surface area contributed by atoms with Gasteiger partial charge in [-0.1, -0.05) is 17.2 Å². The van der Waals surface area contributed by atoms with Gasteiger partial charge >= 0.3 is 5.97 Å². The normalized spacial score (nSPS) is 19.8. The number of ether oxygens (including phenoxy) is 2. The summed E-state index contributed by atoms with van der Waals surface area (Å²) in [6.07, 6.45) is 1.57. The van der Waals surface area contributed by atoms with E-state index in [2.05, 4.69) is 5.32 Å². The molecule has 0 radical (unpaired) electrons. The third-order valence-electron chi connectivity index (χ3n) is 5.08. The highest BCUT2D eigenvalue weighted by molar-refractivity contribution is 5.85. The van der Waals surface area contributed by atoms with E-state index >= 15 is 0 Å². The van der Waals surface area contributed by atoms with Crippen molar-refractivity contribution >= 4 is 11.9 Å². The first-order valence-electron chi connectivity index (χ1n) is 8.74. The van der Waals surface area contributed by atoms with Crippen LogP contribution in [0.2, 0.25) is 0 Å². The predicted octanol–water partition coefficient (Wildman–Crippen LogP) is 2.81. The van der Waals surface area contributed by atoms with E-state index in [0.717, 1.165) is 16.7 Å². The zero-order valence-electron chi connectivity index (χ0n) is 15.8. The number of rotatable bonds is 7. The quantitative estimate of drug-likeness (QED) is 0.730. The molecule has 1 amide bonds. The maximum atomic E-state index is 12.5. The van der Waals surface area contributed by atoms with E-state index in [1.165, 1.54) is 0 Å². The summed E-state index contributed by atoms with van der Waals surface area (Å²) in [5.41, 5.74) is 3.20. The summed E-state index contributed by atoms with van der Waals surface area (Å²) in [5, 5.41) is 12.3. The van der Waals surface area contributed by atoms with E-state index in [0.29, 0.717) is 37.3 Å². The van der Waals surface area contributed by atoms with E-state index in [9.17, 15) is 14.7 Å². The van der Waals surface area contributed by atoms with Crippen LogP contribution in [-0.4, -0.2) is 37.7 Å². The fourth-order valence-electron chi connectivity index (χ4n) is 3.32. The monoisotopic (exact) mass is 361 g/mol.